The molecule has 0 fully saturated rings. The summed E-state index contributed by atoms with van der Waals surface area (Å²) >= 11 is 0. The Labute approximate surface area is 189 Å². The molecule has 0 unspecified atom stereocenters. The van der Waals surface area contributed by atoms with Crippen molar-refractivity contribution < 1.29 is 9.59 Å². The maximum atomic E-state index is 11.5. The molecule has 2 aromatic rings. The van der Waals surface area contributed by atoms with E-state index in [1.165, 1.54) is 0 Å². The molecule has 2 rings (SSSR count). The molecule has 0 spiro atoms. The SMILES string of the molecule is CC/C=C(C)/C=N/NC(=O)c1ccncc1.CC/C=C(C)/C=N/NC(=O)c1ccncc1. The van der Waals surface area contributed by atoms with E-state index in [0.717, 1.165) is 24.0 Å². The van der Waals surface area contributed by atoms with Crippen LogP contribution in [0.25, 0.3) is 0 Å². The Balaban J connectivity index is 0.000000320. The van der Waals surface area contributed by atoms with Crippen molar-refractivity contribution in [2.45, 2.75) is 40.5 Å². The molecular weight excluding hydrogens is 404 g/mol. The molecular formula is C24H30N6O2. The zero-order valence-corrected chi connectivity index (χ0v) is 18.9. The first-order valence-corrected chi connectivity index (χ1v) is 10.3. The fourth-order valence-electron chi connectivity index (χ4n) is 2.27. The third kappa shape index (κ3) is 11.3. The summed E-state index contributed by atoms with van der Waals surface area (Å²) < 4.78 is 0. The van der Waals surface area contributed by atoms with Crippen molar-refractivity contribution in [3.63, 3.8) is 0 Å². The van der Waals surface area contributed by atoms with Crippen LogP contribution in [0.15, 0.2) is 82.6 Å². The number of nitrogens with one attached hydrogen (secondary N) is 2. The number of carbonyl (C=O) groups excluding carboxylic acids is 2. The molecule has 0 saturated heterocycles. The van der Waals surface area contributed by atoms with Crippen LogP contribution in [-0.2, 0) is 0 Å². The fraction of sp³-hybridized carbons (Fsp3) is 0.250. The van der Waals surface area contributed by atoms with E-state index in [1.807, 2.05) is 39.8 Å². The Hall–Kier alpha value is -3.94. The first kappa shape index (κ1) is 26.1. The summed E-state index contributed by atoms with van der Waals surface area (Å²) in [5.74, 6) is -0.467. The molecule has 0 atom stereocenters. The van der Waals surface area contributed by atoms with Crippen molar-refractivity contribution >= 4 is 24.2 Å². The highest BCUT2D eigenvalue weighted by molar-refractivity contribution is 5.95. The number of allylic oxidation sites excluding steroid dienone is 4. The lowest BCUT2D eigenvalue weighted by atomic mass is 10.2. The normalized spacial score (nSPS) is 11.8. The lowest BCUT2D eigenvalue weighted by molar-refractivity contribution is 0.0947. The second-order valence-corrected chi connectivity index (χ2v) is 6.58. The summed E-state index contributed by atoms with van der Waals surface area (Å²) in [6.07, 6.45) is 15.5. The van der Waals surface area contributed by atoms with Crippen molar-refractivity contribution in [1.82, 2.24) is 20.8 Å². The molecule has 2 aromatic heterocycles. The smallest absolute Gasteiger partial charge is 0.267 e. The maximum Gasteiger partial charge on any atom is 0.271 e. The van der Waals surface area contributed by atoms with Gasteiger partial charge in [-0.3, -0.25) is 19.6 Å². The average Bonchev–Trinajstić information content (AvgIpc) is 2.81. The van der Waals surface area contributed by atoms with Gasteiger partial charge in [0.1, 0.15) is 0 Å². The van der Waals surface area contributed by atoms with Crippen LogP contribution in [0.1, 0.15) is 61.3 Å². The van der Waals surface area contributed by atoms with E-state index >= 15 is 0 Å². The highest BCUT2D eigenvalue weighted by Gasteiger charge is 2.02. The van der Waals surface area contributed by atoms with Crippen LogP contribution in [0.4, 0.5) is 0 Å². The van der Waals surface area contributed by atoms with E-state index in [9.17, 15) is 9.59 Å². The van der Waals surface area contributed by atoms with Gasteiger partial charge in [-0.25, -0.2) is 10.9 Å². The summed E-state index contributed by atoms with van der Waals surface area (Å²) in [6.45, 7) is 7.97. The Morgan fingerprint density at radius 1 is 0.750 bits per heavy atom. The molecule has 8 heteroatoms. The van der Waals surface area contributed by atoms with Crippen LogP contribution in [0.2, 0.25) is 0 Å². The van der Waals surface area contributed by atoms with E-state index in [1.54, 1.807) is 61.5 Å². The van der Waals surface area contributed by atoms with E-state index in [-0.39, 0.29) is 11.8 Å². The Morgan fingerprint density at radius 3 is 1.41 bits per heavy atom. The van der Waals surface area contributed by atoms with Gasteiger partial charge >= 0.3 is 0 Å². The van der Waals surface area contributed by atoms with Gasteiger partial charge in [0.25, 0.3) is 11.8 Å². The molecule has 0 aliphatic rings. The molecule has 8 nitrogen and oxygen atoms in total. The number of carbonyl (C=O) groups is 2. The van der Waals surface area contributed by atoms with Crippen molar-refractivity contribution in [2.75, 3.05) is 0 Å². The minimum atomic E-state index is -0.233. The van der Waals surface area contributed by atoms with Crippen LogP contribution in [0, 0.1) is 0 Å². The average molecular weight is 435 g/mol. The summed E-state index contributed by atoms with van der Waals surface area (Å²) in [5, 5.41) is 7.71. The van der Waals surface area contributed by atoms with Crippen LogP contribution >= 0.6 is 0 Å². The van der Waals surface area contributed by atoms with Gasteiger partial charge in [0.15, 0.2) is 0 Å². The van der Waals surface area contributed by atoms with Gasteiger partial charge < -0.3 is 0 Å². The topological polar surface area (TPSA) is 109 Å². The first-order valence-electron chi connectivity index (χ1n) is 10.3. The Morgan fingerprint density at radius 2 is 1.09 bits per heavy atom. The molecule has 2 amide bonds. The third-order valence-electron chi connectivity index (χ3n) is 3.81. The van der Waals surface area contributed by atoms with Gasteiger partial charge in [-0.2, -0.15) is 10.2 Å². The molecule has 2 N–H and O–H groups in total. The van der Waals surface area contributed by atoms with Crippen molar-refractivity contribution in [1.29, 1.82) is 0 Å². The lowest BCUT2D eigenvalue weighted by Crippen LogP contribution is -2.17. The van der Waals surface area contributed by atoms with Gasteiger partial charge in [0, 0.05) is 48.3 Å². The van der Waals surface area contributed by atoms with Crippen molar-refractivity contribution in [3.8, 4) is 0 Å². The monoisotopic (exact) mass is 434 g/mol. The van der Waals surface area contributed by atoms with E-state index in [0.29, 0.717) is 11.1 Å². The Bertz CT molecular complexity index is 871. The zero-order chi connectivity index (χ0) is 23.6. The summed E-state index contributed by atoms with van der Waals surface area (Å²) in [7, 11) is 0. The molecule has 0 radical (unpaired) electrons. The quantitative estimate of drug-likeness (QED) is 0.477. The van der Waals surface area contributed by atoms with Gasteiger partial charge in [-0.1, -0.05) is 26.0 Å². The van der Waals surface area contributed by atoms with Gasteiger partial charge in [0.05, 0.1) is 0 Å². The van der Waals surface area contributed by atoms with Gasteiger partial charge in [-0.05, 0) is 62.1 Å². The highest BCUT2D eigenvalue weighted by Crippen LogP contribution is 1.97. The second-order valence-electron chi connectivity index (χ2n) is 6.58. The summed E-state index contributed by atoms with van der Waals surface area (Å²) in [6, 6.07) is 6.55. The predicted molar refractivity (Wildman–Crippen MR) is 128 cm³/mol. The fourth-order valence-corrected chi connectivity index (χ4v) is 2.27. The number of hydrazone groups is 2. The number of pyridine rings is 2. The maximum absolute atomic E-state index is 11.5. The standard InChI is InChI=1S/2C12H15N3O/c2*1-3-4-10(2)9-14-15-12(16)11-5-7-13-8-6-11/h2*4-9H,3H2,1-2H3,(H,15,16)/b2*10-4+,14-9+. The number of nitrogens with zero attached hydrogens (tertiary/aromatic N) is 4. The molecule has 0 aliphatic heterocycles. The van der Waals surface area contributed by atoms with Crippen LogP contribution < -0.4 is 10.9 Å². The van der Waals surface area contributed by atoms with Crippen molar-refractivity contribution in [3.05, 3.63) is 83.5 Å². The van der Waals surface area contributed by atoms with E-state index in [4.69, 9.17) is 0 Å². The molecule has 168 valence electrons. The molecule has 2 heterocycles. The van der Waals surface area contributed by atoms with Crippen molar-refractivity contribution in [2.24, 2.45) is 10.2 Å². The number of aromatic nitrogens is 2. The van der Waals surface area contributed by atoms with Gasteiger partial charge in [0.2, 0.25) is 0 Å². The van der Waals surface area contributed by atoms with Crippen LogP contribution in [-0.4, -0.2) is 34.2 Å². The number of amides is 2. The third-order valence-corrected chi connectivity index (χ3v) is 3.81. The van der Waals surface area contributed by atoms with E-state index in [2.05, 4.69) is 31.0 Å². The molecule has 0 aliphatic carbocycles. The summed E-state index contributed by atoms with van der Waals surface area (Å²) in [4.78, 5) is 30.7. The number of hydrogen-bond donors (Lipinski definition) is 2. The zero-order valence-electron chi connectivity index (χ0n) is 18.9. The van der Waals surface area contributed by atoms with Gasteiger partial charge in [-0.15, -0.1) is 0 Å². The number of hydrogen-bond acceptors (Lipinski definition) is 6. The molecule has 0 saturated carbocycles. The first-order chi connectivity index (χ1) is 15.5. The largest absolute Gasteiger partial charge is 0.271 e. The molecule has 0 aromatic carbocycles. The Kier molecular flexibility index (Phi) is 12.9. The van der Waals surface area contributed by atoms with Crippen LogP contribution in [0.5, 0.6) is 0 Å². The minimum Gasteiger partial charge on any atom is -0.267 e. The molecule has 32 heavy (non-hydrogen) atoms. The molecule has 0 bridgehead atoms. The van der Waals surface area contributed by atoms with Crippen LogP contribution in [0.3, 0.4) is 0 Å². The van der Waals surface area contributed by atoms with E-state index < -0.39 is 0 Å². The second kappa shape index (κ2) is 15.8. The minimum absolute atomic E-state index is 0.233. The summed E-state index contributed by atoms with van der Waals surface area (Å²) in [5.41, 5.74) is 8.04. The highest BCUT2D eigenvalue weighted by atomic mass is 16.2. The lowest BCUT2D eigenvalue weighted by Gasteiger charge is -1.98. The number of rotatable bonds is 8. The predicted octanol–water partition coefficient (Wildman–Crippen LogP) is 4.31.